The van der Waals surface area contributed by atoms with Gasteiger partial charge in [0.05, 0.1) is 22.1 Å². The van der Waals surface area contributed by atoms with Crippen molar-refractivity contribution in [2.45, 2.75) is 11.5 Å². The first kappa shape index (κ1) is 17.7. The summed E-state index contributed by atoms with van der Waals surface area (Å²) in [6, 6.07) is 14.3. The Kier molecular flexibility index (Phi) is 5.34. The highest BCUT2D eigenvalue weighted by molar-refractivity contribution is 7.89. The zero-order chi connectivity index (χ0) is 17.7. The lowest BCUT2D eigenvalue weighted by Crippen LogP contribution is -2.22. The van der Waals surface area contributed by atoms with Gasteiger partial charge in [0, 0.05) is 14.1 Å². The van der Waals surface area contributed by atoms with Gasteiger partial charge < -0.3 is 4.74 Å². The van der Waals surface area contributed by atoms with E-state index >= 15 is 0 Å². The average molecular weight is 344 g/mol. The Morgan fingerprint density at radius 1 is 1.17 bits per heavy atom. The number of carbonyl (C=O) groups excluding carboxylic acids is 1. The molecule has 0 amide bonds. The van der Waals surface area contributed by atoms with E-state index in [-0.39, 0.29) is 17.1 Å². The van der Waals surface area contributed by atoms with Gasteiger partial charge in [0.2, 0.25) is 10.0 Å². The first-order chi connectivity index (χ1) is 11.3. The van der Waals surface area contributed by atoms with Gasteiger partial charge in [-0.3, -0.25) is 0 Å². The SMILES string of the molecule is CN(C)S(=O)(=O)c1ccc(C(=O)OCc2cccc(C#N)c2)cc1. The standard InChI is InChI=1S/C17H16N2O4S/c1-19(2)24(21,22)16-8-6-15(7-9-16)17(20)23-12-14-5-3-4-13(10-14)11-18/h3-10H,12H2,1-2H3. The Morgan fingerprint density at radius 3 is 2.42 bits per heavy atom. The predicted molar refractivity (Wildman–Crippen MR) is 87.6 cm³/mol. The highest BCUT2D eigenvalue weighted by Gasteiger charge is 2.17. The second kappa shape index (κ2) is 7.25. The molecule has 0 spiro atoms. The van der Waals surface area contributed by atoms with E-state index in [1.54, 1.807) is 24.3 Å². The minimum atomic E-state index is -3.53. The summed E-state index contributed by atoms with van der Waals surface area (Å²) in [5.74, 6) is -0.564. The van der Waals surface area contributed by atoms with Crippen molar-refractivity contribution in [1.29, 1.82) is 5.26 Å². The Bertz CT molecular complexity index is 882. The zero-order valence-corrected chi connectivity index (χ0v) is 14.1. The molecule has 0 radical (unpaired) electrons. The Morgan fingerprint density at radius 2 is 1.83 bits per heavy atom. The summed E-state index contributed by atoms with van der Waals surface area (Å²) in [5.41, 5.74) is 1.44. The summed E-state index contributed by atoms with van der Waals surface area (Å²) in [6.45, 7) is 0.0338. The fourth-order valence-corrected chi connectivity index (χ4v) is 2.84. The molecule has 0 unspecified atom stereocenters. The second-order valence-electron chi connectivity index (χ2n) is 5.20. The summed E-state index contributed by atoms with van der Waals surface area (Å²) in [7, 11) is -0.657. The molecule has 0 fully saturated rings. The third kappa shape index (κ3) is 3.98. The number of benzene rings is 2. The maximum absolute atomic E-state index is 12.0. The largest absolute Gasteiger partial charge is 0.457 e. The number of hydrogen-bond acceptors (Lipinski definition) is 5. The second-order valence-corrected chi connectivity index (χ2v) is 7.35. The van der Waals surface area contributed by atoms with Crippen LogP contribution in [0.5, 0.6) is 0 Å². The minimum absolute atomic E-state index is 0.0338. The van der Waals surface area contributed by atoms with Crippen LogP contribution in [0.1, 0.15) is 21.5 Å². The molecule has 0 aliphatic carbocycles. The summed E-state index contributed by atoms with van der Waals surface area (Å²) < 4.78 is 30.2. The van der Waals surface area contributed by atoms with Crippen molar-refractivity contribution in [1.82, 2.24) is 4.31 Å². The van der Waals surface area contributed by atoms with Crippen molar-refractivity contribution in [2.75, 3.05) is 14.1 Å². The van der Waals surface area contributed by atoms with Crippen LogP contribution in [0.4, 0.5) is 0 Å². The lowest BCUT2D eigenvalue weighted by Gasteiger charge is -2.11. The van der Waals surface area contributed by atoms with E-state index < -0.39 is 16.0 Å². The van der Waals surface area contributed by atoms with Crippen molar-refractivity contribution in [3.8, 4) is 6.07 Å². The highest BCUT2D eigenvalue weighted by atomic mass is 32.2. The van der Waals surface area contributed by atoms with E-state index in [2.05, 4.69) is 0 Å². The highest BCUT2D eigenvalue weighted by Crippen LogP contribution is 2.15. The van der Waals surface area contributed by atoms with Crippen LogP contribution in [0.3, 0.4) is 0 Å². The number of hydrogen-bond donors (Lipinski definition) is 0. The molecule has 0 saturated heterocycles. The molecule has 24 heavy (non-hydrogen) atoms. The molecule has 6 nitrogen and oxygen atoms in total. The van der Waals surface area contributed by atoms with Gasteiger partial charge in [-0.2, -0.15) is 5.26 Å². The van der Waals surface area contributed by atoms with Crippen LogP contribution >= 0.6 is 0 Å². The van der Waals surface area contributed by atoms with Gasteiger partial charge in [-0.05, 0) is 42.0 Å². The van der Waals surface area contributed by atoms with Crippen molar-refractivity contribution in [3.63, 3.8) is 0 Å². The third-order valence-electron chi connectivity index (χ3n) is 3.29. The maximum atomic E-state index is 12.0. The minimum Gasteiger partial charge on any atom is -0.457 e. The molecule has 0 saturated carbocycles. The van der Waals surface area contributed by atoms with E-state index in [0.717, 1.165) is 4.31 Å². The van der Waals surface area contributed by atoms with E-state index in [9.17, 15) is 13.2 Å². The third-order valence-corrected chi connectivity index (χ3v) is 5.12. The van der Waals surface area contributed by atoms with Crippen molar-refractivity contribution in [2.24, 2.45) is 0 Å². The summed E-state index contributed by atoms with van der Waals surface area (Å²) in [6.07, 6.45) is 0. The molecular weight excluding hydrogens is 328 g/mol. The predicted octanol–water partition coefficient (Wildman–Crippen LogP) is 2.17. The molecule has 0 aliphatic heterocycles. The molecule has 0 aromatic heterocycles. The number of nitriles is 1. The van der Waals surface area contributed by atoms with Gasteiger partial charge in [0.1, 0.15) is 6.61 Å². The van der Waals surface area contributed by atoms with Gasteiger partial charge in [-0.1, -0.05) is 12.1 Å². The molecule has 0 atom stereocenters. The normalized spacial score (nSPS) is 11.1. The van der Waals surface area contributed by atoms with Gasteiger partial charge in [-0.15, -0.1) is 0 Å². The van der Waals surface area contributed by atoms with Crippen LogP contribution in [0.25, 0.3) is 0 Å². The van der Waals surface area contributed by atoms with E-state index in [1.165, 1.54) is 38.4 Å². The van der Waals surface area contributed by atoms with Crippen molar-refractivity contribution < 1.29 is 17.9 Å². The number of esters is 1. The van der Waals surface area contributed by atoms with E-state index in [1.807, 2.05) is 6.07 Å². The molecule has 124 valence electrons. The van der Waals surface area contributed by atoms with Crippen molar-refractivity contribution >= 4 is 16.0 Å². The van der Waals surface area contributed by atoms with Gasteiger partial charge in [0.15, 0.2) is 0 Å². The lowest BCUT2D eigenvalue weighted by atomic mass is 10.1. The van der Waals surface area contributed by atoms with E-state index in [0.29, 0.717) is 11.1 Å². The molecule has 0 heterocycles. The summed E-state index contributed by atoms with van der Waals surface area (Å²) in [5, 5.41) is 8.84. The van der Waals surface area contributed by atoms with Gasteiger partial charge in [-0.25, -0.2) is 17.5 Å². The van der Waals surface area contributed by atoms with E-state index in [4.69, 9.17) is 10.00 Å². The first-order valence-corrected chi connectivity index (χ1v) is 8.47. The lowest BCUT2D eigenvalue weighted by molar-refractivity contribution is 0.0472. The molecule has 2 rings (SSSR count). The molecule has 0 N–H and O–H groups in total. The molecule has 0 aliphatic rings. The quantitative estimate of drug-likeness (QED) is 0.776. The van der Waals surface area contributed by atoms with Gasteiger partial charge in [0.25, 0.3) is 0 Å². The van der Waals surface area contributed by atoms with Crippen LogP contribution in [-0.4, -0.2) is 32.8 Å². The number of ether oxygens (including phenoxy) is 1. The van der Waals surface area contributed by atoms with Crippen LogP contribution in [0, 0.1) is 11.3 Å². The number of carbonyl (C=O) groups is 1. The molecular formula is C17H16N2O4S. The van der Waals surface area contributed by atoms with Crippen LogP contribution in [0.15, 0.2) is 53.4 Å². The topological polar surface area (TPSA) is 87.5 Å². The summed E-state index contributed by atoms with van der Waals surface area (Å²) >= 11 is 0. The number of rotatable bonds is 5. The van der Waals surface area contributed by atoms with Crippen LogP contribution < -0.4 is 0 Å². The van der Waals surface area contributed by atoms with Crippen molar-refractivity contribution in [3.05, 3.63) is 65.2 Å². The monoisotopic (exact) mass is 344 g/mol. The fourth-order valence-electron chi connectivity index (χ4n) is 1.94. The van der Waals surface area contributed by atoms with Gasteiger partial charge >= 0.3 is 5.97 Å². The Balaban J connectivity index is 2.07. The average Bonchev–Trinajstić information content (AvgIpc) is 2.59. The molecule has 2 aromatic carbocycles. The number of nitrogens with zero attached hydrogens (tertiary/aromatic N) is 2. The Hall–Kier alpha value is -2.69. The van der Waals surface area contributed by atoms with Crippen LogP contribution in [0.2, 0.25) is 0 Å². The Labute approximate surface area is 141 Å². The zero-order valence-electron chi connectivity index (χ0n) is 13.3. The first-order valence-electron chi connectivity index (χ1n) is 7.03. The molecule has 7 heteroatoms. The van der Waals surface area contributed by atoms with Crippen LogP contribution in [-0.2, 0) is 21.4 Å². The summed E-state index contributed by atoms with van der Waals surface area (Å²) in [4.78, 5) is 12.1. The maximum Gasteiger partial charge on any atom is 0.338 e. The fraction of sp³-hybridized carbons (Fsp3) is 0.176. The smallest absolute Gasteiger partial charge is 0.338 e. The number of sulfonamides is 1. The molecule has 0 bridgehead atoms. The molecule has 2 aromatic rings.